The van der Waals surface area contributed by atoms with Gasteiger partial charge >= 0.3 is 6.03 Å². The fraction of sp³-hybridized carbons (Fsp3) is 0.394. The van der Waals surface area contributed by atoms with Crippen LogP contribution in [0.25, 0.3) is 0 Å². The van der Waals surface area contributed by atoms with E-state index in [1.807, 2.05) is 35.2 Å². The highest BCUT2D eigenvalue weighted by atomic mass is 35.5. The molecule has 10 heteroatoms. The van der Waals surface area contributed by atoms with Crippen molar-refractivity contribution in [3.63, 3.8) is 0 Å². The van der Waals surface area contributed by atoms with Gasteiger partial charge < -0.3 is 23.8 Å². The van der Waals surface area contributed by atoms with E-state index in [4.69, 9.17) is 30.5 Å². The summed E-state index contributed by atoms with van der Waals surface area (Å²) >= 11 is 6.18. The summed E-state index contributed by atoms with van der Waals surface area (Å²) in [6, 6.07) is 17.0. The predicted molar refractivity (Wildman–Crippen MR) is 167 cm³/mol. The number of amidine groups is 1. The van der Waals surface area contributed by atoms with E-state index < -0.39 is 5.54 Å². The molecule has 0 saturated carbocycles. The van der Waals surface area contributed by atoms with Gasteiger partial charge in [-0.1, -0.05) is 17.7 Å². The van der Waals surface area contributed by atoms with Gasteiger partial charge in [-0.3, -0.25) is 10.3 Å². The van der Waals surface area contributed by atoms with Crippen LogP contribution < -0.4 is 23.8 Å². The first kappa shape index (κ1) is 29.1. The van der Waals surface area contributed by atoms with E-state index in [1.165, 1.54) is 11.1 Å². The Labute approximate surface area is 257 Å². The number of ether oxygens (including phenoxy) is 4. The molecule has 1 N–H and O–H groups in total. The van der Waals surface area contributed by atoms with Crippen LogP contribution in [0.3, 0.4) is 0 Å². The summed E-state index contributed by atoms with van der Waals surface area (Å²) in [5.41, 5.74) is 3.28. The quantitative estimate of drug-likeness (QED) is 0.341. The first-order chi connectivity index (χ1) is 20.8. The molecular weight excluding hydrogens is 568 g/mol. The Morgan fingerprint density at radius 2 is 1.56 bits per heavy atom. The van der Waals surface area contributed by atoms with Crippen LogP contribution in [0.5, 0.6) is 23.0 Å². The molecule has 2 saturated heterocycles. The van der Waals surface area contributed by atoms with Gasteiger partial charge in [-0.05, 0) is 90.9 Å². The summed E-state index contributed by atoms with van der Waals surface area (Å²) in [5.74, 6) is 3.02. The first-order valence-corrected chi connectivity index (χ1v) is 14.9. The van der Waals surface area contributed by atoms with Gasteiger partial charge in [0.05, 0.1) is 34.1 Å². The maximum Gasteiger partial charge on any atom is 0.330 e. The molecule has 2 atom stereocenters. The van der Waals surface area contributed by atoms with E-state index in [1.54, 1.807) is 45.5 Å². The van der Waals surface area contributed by atoms with Crippen LogP contribution in [-0.2, 0) is 12.8 Å². The first-order valence-electron chi connectivity index (χ1n) is 14.5. The second-order valence-electron chi connectivity index (χ2n) is 11.2. The number of halogens is 1. The van der Waals surface area contributed by atoms with Crippen molar-refractivity contribution in [2.24, 2.45) is 0 Å². The van der Waals surface area contributed by atoms with Crippen molar-refractivity contribution >= 4 is 29.2 Å². The van der Waals surface area contributed by atoms with Gasteiger partial charge in [0, 0.05) is 30.7 Å². The molecule has 3 aliphatic rings. The predicted octanol–water partition coefficient (Wildman–Crippen LogP) is 5.97. The van der Waals surface area contributed by atoms with Crippen molar-refractivity contribution in [1.29, 1.82) is 5.41 Å². The molecule has 9 nitrogen and oxygen atoms in total. The largest absolute Gasteiger partial charge is 0.493 e. The summed E-state index contributed by atoms with van der Waals surface area (Å²) < 4.78 is 22.2. The summed E-state index contributed by atoms with van der Waals surface area (Å²) in [7, 11) is 6.54. The van der Waals surface area contributed by atoms with Gasteiger partial charge in [-0.15, -0.1) is 0 Å². The van der Waals surface area contributed by atoms with E-state index in [-0.39, 0.29) is 12.1 Å². The minimum Gasteiger partial charge on any atom is -0.493 e. The third-order valence-electron chi connectivity index (χ3n) is 9.22. The highest BCUT2D eigenvalue weighted by molar-refractivity contribution is 6.31. The normalized spacial score (nSPS) is 21.6. The zero-order valence-electron chi connectivity index (χ0n) is 25.0. The molecule has 0 unspecified atom stereocenters. The van der Waals surface area contributed by atoms with Crippen LogP contribution >= 0.6 is 11.6 Å². The summed E-state index contributed by atoms with van der Waals surface area (Å²) in [6.45, 7) is 2.14. The number of nitrogens with zero attached hydrogens (tertiary/aromatic N) is 3. The minimum atomic E-state index is -0.782. The fourth-order valence-corrected chi connectivity index (χ4v) is 7.08. The molecule has 1 spiro atoms. The van der Waals surface area contributed by atoms with Crippen LogP contribution in [0.15, 0.2) is 54.6 Å². The van der Waals surface area contributed by atoms with Crippen molar-refractivity contribution in [3.8, 4) is 23.0 Å². The van der Waals surface area contributed by atoms with Gasteiger partial charge in [0.1, 0.15) is 11.4 Å². The maximum atomic E-state index is 14.3. The second-order valence-corrected chi connectivity index (χ2v) is 11.7. The lowest BCUT2D eigenvalue weighted by atomic mass is 9.76. The van der Waals surface area contributed by atoms with Crippen molar-refractivity contribution in [3.05, 3.63) is 76.3 Å². The monoisotopic (exact) mass is 604 g/mol. The smallest absolute Gasteiger partial charge is 0.330 e. The number of amides is 2. The third-order valence-corrected chi connectivity index (χ3v) is 9.47. The number of benzene rings is 3. The van der Waals surface area contributed by atoms with Crippen molar-refractivity contribution in [1.82, 2.24) is 9.80 Å². The van der Waals surface area contributed by atoms with Gasteiger partial charge in [-0.25, -0.2) is 9.69 Å². The molecule has 43 heavy (non-hydrogen) atoms. The Morgan fingerprint density at radius 3 is 2.26 bits per heavy atom. The molecule has 0 bridgehead atoms. The number of carbonyl (C=O) groups excluding carboxylic acids is 1. The van der Waals surface area contributed by atoms with Crippen molar-refractivity contribution in [2.45, 2.75) is 37.3 Å². The number of nitrogens with one attached hydrogen (secondary N) is 1. The molecule has 0 aliphatic carbocycles. The lowest BCUT2D eigenvalue weighted by molar-refractivity contribution is 0.0541. The molecule has 2 fully saturated rings. The zero-order valence-corrected chi connectivity index (χ0v) is 25.7. The van der Waals surface area contributed by atoms with E-state index in [0.717, 1.165) is 30.8 Å². The van der Waals surface area contributed by atoms with Gasteiger partial charge in [0.2, 0.25) is 0 Å². The van der Waals surface area contributed by atoms with E-state index in [0.29, 0.717) is 59.6 Å². The topological polar surface area (TPSA) is 87.6 Å². The zero-order chi connectivity index (χ0) is 30.3. The van der Waals surface area contributed by atoms with Crippen LogP contribution in [0.2, 0.25) is 5.02 Å². The van der Waals surface area contributed by atoms with E-state index in [9.17, 15) is 10.2 Å². The number of piperidine rings is 1. The molecule has 2 amide bonds. The van der Waals surface area contributed by atoms with Crippen LogP contribution in [0, 0.1) is 5.41 Å². The Bertz CT molecular complexity index is 1550. The number of carbonyl (C=O) groups is 1. The Hall–Kier alpha value is -3.95. The minimum absolute atomic E-state index is 0.0270. The van der Waals surface area contributed by atoms with Gasteiger partial charge in [0.15, 0.2) is 23.0 Å². The van der Waals surface area contributed by atoms with Crippen LogP contribution in [-0.4, -0.2) is 75.3 Å². The molecule has 3 aromatic carbocycles. The number of hydrogen-bond donors (Lipinski definition) is 1. The highest BCUT2D eigenvalue weighted by Gasteiger charge is 2.58. The number of rotatable bonds is 8. The number of methoxy groups -OCH3 is 4. The van der Waals surface area contributed by atoms with Gasteiger partial charge in [-0.2, -0.15) is 0 Å². The molecule has 3 aliphatic heterocycles. The Balaban J connectivity index is 1.38. The molecule has 3 aromatic rings. The molecule has 0 radical (unpaired) electrons. The Morgan fingerprint density at radius 1 is 0.884 bits per heavy atom. The highest BCUT2D eigenvalue weighted by Crippen LogP contribution is 2.49. The van der Waals surface area contributed by atoms with Crippen molar-refractivity contribution in [2.75, 3.05) is 53.0 Å². The summed E-state index contributed by atoms with van der Waals surface area (Å²) in [5, 5.41) is 10.1. The van der Waals surface area contributed by atoms with Gasteiger partial charge in [0.25, 0.3) is 0 Å². The maximum absolute atomic E-state index is 14.3. The Kier molecular flexibility index (Phi) is 7.87. The number of fused-ring (bicyclic) bond motifs is 3. The molecule has 226 valence electrons. The molecule has 6 rings (SSSR count). The SMILES string of the molecule is COc1ccc(CCN2C(=O)N(c3ccc(Cl)cc3)C(=N)[C@]23CCN2CCc4cc(OC)c(OC)cc4[C@@H]2C3)cc1OC. The molecule has 3 heterocycles. The second kappa shape index (κ2) is 11.6. The van der Waals surface area contributed by atoms with Crippen molar-refractivity contribution < 1.29 is 23.7 Å². The van der Waals surface area contributed by atoms with Crippen LogP contribution in [0.1, 0.15) is 35.6 Å². The van der Waals surface area contributed by atoms with E-state index >= 15 is 0 Å². The third kappa shape index (κ3) is 4.94. The number of urea groups is 1. The molecule has 0 aromatic heterocycles. The average molecular weight is 605 g/mol. The van der Waals surface area contributed by atoms with Crippen LogP contribution in [0.4, 0.5) is 10.5 Å². The number of hydrogen-bond acceptors (Lipinski definition) is 7. The summed E-state index contributed by atoms with van der Waals surface area (Å²) in [6.07, 6.45) is 2.80. The fourth-order valence-electron chi connectivity index (χ4n) is 6.95. The molecular formula is C33H37ClN4O5. The lowest BCUT2D eigenvalue weighted by Gasteiger charge is -2.50. The lowest BCUT2D eigenvalue weighted by Crippen LogP contribution is -2.58. The summed E-state index contributed by atoms with van der Waals surface area (Å²) in [4.78, 5) is 20.3. The average Bonchev–Trinajstić information content (AvgIpc) is 3.23. The standard InChI is InChI=1S/C33H37ClN4O5/c1-40-27-10-5-21(17-28(27)41-2)11-15-37-32(39)38(24-8-6-23(34)7-9-24)31(35)33(37)13-16-36-14-12-22-18-29(42-3)30(43-4)19-25(22)26(36)20-33/h5-10,17-19,26,35H,11-16,20H2,1-4H3/t26-,33+/m0/s1. The number of anilines is 1. The van der Waals surface area contributed by atoms with E-state index in [2.05, 4.69) is 17.0 Å².